The van der Waals surface area contributed by atoms with Crippen LogP contribution in [0.25, 0.3) is 11.5 Å². The summed E-state index contributed by atoms with van der Waals surface area (Å²) in [5.41, 5.74) is 1.87. The minimum absolute atomic E-state index is 0.103. The van der Waals surface area contributed by atoms with Crippen LogP contribution in [0, 0.1) is 5.92 Å². The highest BCUT2D eigenvalue weighted by molar-refractivity contribution is 5.93. The molecular formula is C21H27F2N5O2. The Morgan fingerprint density at radius 1 is 1.17 bits per heavy atom. The van der Waals surface area contributed by atoms with Crippen LogP contribution in [0.3, 0.4) is 0 Å². The van der Waals surface area contributed by atoms with E-state index < -0.39 is 12.3 Å². The lowest BCUT2D eigenvalue weighted by atomic mass is 9.86. The molecule has 3 heterocycles. The number of alkyl halides is 2. The quantitative estimate of drug-likeness (QED) is 0.804. The van der Waals surface area contributed by atoms with Crippen LogP contribution in [-0.4, -0.2) is 51.1 Å². The Balaban J connectivity index is 1.55. The highest BCUT2D eigenvalue weighted by Crippen LogP contribution is 2.30. The van der Waals surface area contributed by atoms with E-state index in [2.05, 4.69) is 15.3 Å². The Bertz CT molecular complexity index is 874. The molecule has 2 aliphatic rings. The molecule has 0 radical (unpaired) electrons. The highest BCUT2D eigenvalue weighted by Gasteiger charge is 2.29. The van der Waals surface area contributed by atoms with Crippen LogP contribution in [-0.2, 0) is 11.8 Å². The number of nitrogens with one attached hydrogen (secondary N) is 1. The van der Waals surface area contributed by atoms with Gasteiger partial charge in [-0.25, -0.2) is 23.7 Å². The Kier molecular flexibility index (Phi) is 6.36. The molecule has 1 amide bonds. The molecule has 1 aliphatic heterocycles. The number of halogens is 2. The molecule has 1 N–H and O–H groups in total. The zero-order chi connectivity index (χ0) is 21.1. The van der Waals surface area contributed by atoms with Crippen molar-refractivity contribution in [2.24, 2.45) is 13.0 Å². The summed E-state index contributed by atoms with van der Waals surface area (Å²) >= 11 is 0. The van der Waals surface area contributed by atoms with E-state index in [0.717, 1.165) is 24.2 Å². The van der Waals surface area contributed by atoms with Crippen LogP contribution in [0.2, 0.25) is 0 Å². The first-order chi connectivity index (χ1) is 14.5. The standard InChI is InChI=1S/C21H27F2N5O2/c1-28-12-24-11-18(28)20-26-16(13-6-8-30-9-7-13)10-17(27-20)21(29)25-15-4-2-14(3-5-15)19(22)23/h10-15,19H,2-9H2,1H3,(H,25,29)/t14-,15-. The summed E-state index contributed by atoms with van der Waals surface area (Å²) in [4.78, 5) is 26.3. The largest absolute Gasteiger partial charge is 0.381 e. The maximum absolute atomic E-state index is 13.0. The summed E-state index contributed by atoms with van der Waals surface area (Å²) in [5, 5.41) is 2.99. The maximum atomic E-state index is 13.0. The van der Waals surface area contributed by atoms with Gasteiger partial charge in [-0.1, -0.05) is 0 Å². The molecule has 1 saturated carbocycles. The van der Waals surface area contributed by atoms with Crippen molar-refractivity contribution < 1.29 is 18.3 Å². The van der Waals surface area contributed by atoms with Gasteiger partial charge in [-0.2, -0.15) is 0 Å². The van der Waals surface area contributed by atoms with Crippen LogP contribution < -0.4 is 5.32 Å². The first-order valence-corrected chi connectivity index (χ1v) is 10.5. The third kappa shape index (κ3) is 4.66. The van der Waals surface area contributed by atoms with Crippen LogP contribution >= 0.6 is 0 Å². The van der Waals surface area contributed by atoms with Crippen LogP contribution in [0.5, 0.6) is 0 Å². The molecule has 0 aromatic carbocycles. The van der Waals surface area contributed by atoms with Gasteiger partial charge in [0.25, 0.3) is 5.91 Å². The van der Waals surface area contributed by atoms with E-state index in [9.17, 15) is 13.6 Å². The van der Waals surface area contributed by atoms with Gasteiger partial charge in [0.2, 0.25) is 6.43 Å². The molecule has 9 heteroatoms. The van der Waals surface area contributed by atoms with Gasteiger partial charge in [-0.15, -0.1) is 0 Å². The molecule has 2 fully saturated rings. The van der Waals surface area contributed by atoms with E-state index in [0.29, 0.717) is 50.4 Å². The van der Waals surface area contributed by atoms with Gasteiger partial charge in [-0.3, -0.25) is 4.79 Å². The van der Waals surface area contributed by atoms with Crippen molar-refractivity contribution >= 4 is 5.91 Å². The van der Waals surface area contributed by atoms with Crippen molar-refractivity contribution in [3.05, 3.63) is 30.0 Å². The number of carbonyl (C=O) groups is 1. The first-order valence-electron chi connectivity index (χ1n) is 10.5. The molecule has 0 bridgehead atoms. The summed E-state index contributed by atoms with van der Waals surface area (Å²) in [6, 6.07) is 1.66. The van der Waals surface area contributed by atoms with E-state index in [1.54, 1.807) is 18.6 Å². The second kappa shape index (κ2) is 9.16. The second-order valence-corrected chi connectivity index (χ2v) is 8.20. The smallest absolute Gasteiger partial charge is 0.270 e. The van der Waals surface area contributed by atoms with Gasteiger partial charge in [0.1, 0.15) is 11.4 Å². The molecule has 4 rings (SSSR count). The molecule has 0 spiro atoms. The zero-order valence-electron chi connectivity index (χ0n) is 17.1. The van der Waals surface area contributed by atoms with Gasteiger partial charge in [0, 0.05) is 43.8 Å². The monoisotopic (exact) mass is 419 g/mol. The molecule has 2 aromatic heterocycles. The van der Waals surface area contributed by atoms with Gasteiger partial charge < -0.3 is 14.6 Å². The summed E-state index contributed by atoms with van der Waals surface area (Å²) < 4.78 is 33.0. The van der Waals surface area contributed by atoms with E-state index in [1.807, 2.05) is 11.6 Å². The predicted molar refractivity (Wildman–Crippen MR) is 106 cm³/mol. The number of aryl methyl sites for hydroxylation is 1. The second-order valence-electron chi connectivity index (χ2n) is 8.20. The summed E-state index contributed by atoms with van der Waals surface area (Å²) in [6.45, 7) is 1.34. The number of carbonyl (C=O) groups excluding carboxylic acids is 1. The SMILES string of the molecule is Cn1cncc1-c1nc(C(=O)N[C@H]2CC[C@H](C(F)F)CC2)cc(C2CCOCC2)n1. The Morgan fingerprint density at radius 2 is 1.90 bits per heavy atom. The lowest BCUT2D eigenvalue weighted by Crippen LogP contribution is -2.39. The Labute approximate surface area is 174 Å². The normalized spacial score (nSPS) is 22.9. The lowest BCUT2D eigenvalue weighted by Gasteiger charge is -2.28. The predicted octanol–water partition coefficient (Wildman–Crippen LogP) is 3.32. The summed E-state index contributed by atoms with van der Waals surface area (Å²) in [5.74, 6) is -0.171. The third-order valence-electron chi connectivity index (χ3n) is 6.13. The maximum Gasteiger partial charge on any atom is 0.270 e. The molecular weight excluding hydrogens is 392 g/mol. The fraction of sp³-hybridized carbons (Fsp3) is 0.619. The molecule has 1 aliphatic carbocycles. The highest BCUT2D eigenvalue weighted by atomic mass is 19.3. The van der Waals surface area contributed by atoms with Gasteiger partial charge in [0.15, 0.2) is 5.82 Å². The molecule has 0 unspecified atom stereocenters. The third-order valence-corrected chi connectivity index (χ3v) is 6.13. The van der Waals surface area contributed by atoms with Crippen molar-refractivity contribution in [2.75, 3.05) is 13.2 Å². The summed E-state index contributed by atoms with van der Waals surface area (Å²) in [7, 11) is 1.86. The summed E-state index contributed by atoms with van der Waals surface area (Å²) in [6.07, 6.45) is 4.74. The van der Waals surface area contributed by atoms with Gasteiger partial charge in [0.05, 0.1) is 12.5 Å². The van der Waals surface area contributed by atoms with E-state index in [4.69, 9.17) is 9.72 Å². The zero-order valence-corrected chi connectivity index (χ0v) is 17.1. The minimum atomic E-state index is -2.29. The molecule has 2 aromatic rings. The van der Waals surface area contributed by atoms with Crippen molar-refractivity contribution in [1.29, 1.82) is 0 Å². The topological polar surface area (TPSA) is 81.9 Å². The number of hydrogen-bond acceptors (Lipinski definition) is 5. The number of hydrogen-bond donors (Lipinski definition) is 1. The fourth-order valence-electron chi connectivity index (χ4n) is 4.25. The minimum Gasteiger partial charge on any atom is -0.381 e. The lowest BCUT2D eigenvalue weighted by molar-refractivity contribution is 0.0499. The number of amides is 1. The van der Waals surface area contributed by atoms with Crippen molar-refractivity contribution in [3.8, 4) is 11.5 Å². The molecule has 7 nitrogen and oxygen atoms in total. The van der Waals surface area contributed by atoms with Crippen LogP contribution in [0.4, 0.5) is 8.78 Å². The Hall–Kier alpha value is -2.42. The average molecular weight is 419 g/mol. The molecule has 0 atom stereocenters. The van der Waals surface area contributed by atoms with E-state index in [-0.39, 0.29) is 17.9 Å². The van der Waals surface area contributed by atoms with Crippen molar-refractivity contribution in [3.63, 3.8) is 0 Å². The van der Waals surface area contributed by atoms with Crippen molar-refractivity contribution in [1.82, 2.24) is 24.8 Å². The Morgan fingerprint density at radius 3 is 2.53 bits per heavy atom. The van der Waals surface area contributed by atoms with Gasteiger partial charge in [-0.05, 0) is 44.6 Å². The van der Waals surface area contributed by atoms with Gasteiger partial charge >= 0.3 is 0 Å². The van der Waals surface area contributed by atoms with Crippen molar-refractivity contribution in [2.45, 2.75) is 56.9 Å². The van der Waals surface area contributed by atoms with Crippen LogP contribution in [0.1, 0.15) is 60.6 Å². The number of ether oxygens (including phenoxy) is 1. The average Bonchev–Trinajstić information content (AvgIpc) is 3.20. The molecule has 1 saturated heterocycles. The van der Waals surface area contributed by atoms with E-state index >= 15 is 0 Å². The first kappa shape index (κ1) is 20.8. The van der Waals surface area contributed by atoms with Crippen LogP contribution in [0.15, 0.2) is 18.6 Å². The molecule has 162 valence electrons. The number of aromatic nitrogens is 4. The number of rotatable bonds is 5. The number of imidazole rings is 1. The van der Waals surface area contributed by atoms with E-state index in [1.165, 1.54) is 0 Å². The molecule has 30 heavy (non-hydrogen) atoms. The number of nitrogens with zero attached hydrogens (tertiary/aromatic N) is 4. The fourth-order valence-corrected chi connectivity index (χ4v) is 4.25.